The third-order valence-corrected chi connectivity index (χ3v) is 2.30. The fourth-order valence-electron chi connectivity index (χ4n) is 0.991. The SMILES string of the molecule is COCCN(C)CCNC(=O)C(C)(C)C#N. The van der Waals surface area contributed by atoms with E-state index in [1.54, 1.807) is 21.0 Å². The molecule has 0 heterocycles. The summed E-state index contributed by atoms with van der Waals surface area (Å²) < 4.78 is 4.94. The number of ether oxygens (including phenoxy) is 1. The highest BCUT2D eigenvalue weighted by atomic mass is 16.5. The number of nitriles is 1. The van der Waals surface area contributed by atoms with Crippen LogP contribution in [0.2, 0.25) is 0 Å². The Balaban J connectivity index is 3.75. The number of nitrogens with zero attached hydrogens (tertiary/aromatic N) is 2. The second-order valence-electron chi connectivity index (χ2n) is 4.29. The quantitative estimate of drug-likeness (QED) is 0.676. The van der Waals surface area contributed by atoms with Crippen LogP contribution in [0.15, 0.2) is 0 Å². The smallest absolute Gasteiger partial charge is 0.239 e. The third kappa shape index (κ3) is 5.69. The van der Waals surface area contributed by atoms with Crippen molar-refractivity contribution in [1.82, 2.24) is 10.2 Å². The first-order valence-corrected chi connectivity index (χ1v) is 5.31. The van der Waals surface area contributed by atoms with Gasteiger partial charge in [0.15, 0.2) is 0 Å². The van der Waals surface area contributed by atoms with Gasteiger partial charge in [-0.25, -0.2) is 0 Å². The maximum absolute atomic E-state index is 11.5. The summed E-state index contributed by atoms with van der Waals surface area (Å²) in [7, 11) is 3.62. The Morgan fingerprint density at radius 2 is 2.12 bits per heavy atom. The van der Waals surface area contributed by atoms with Crippen molar-refractivity contribution < 1.29 is 9.53 Å². The zero-order valence-electron chi connectivity index (χ0n) is 10.5. The first kappa shape index (κ1) is 14.9. The molecule has 0 atom stereocenters. The molecule has 0 fully saturated rings. The van der Waals surface area contributed by atoms with Gasteiger partial charge in [-0.05, 0) is 20.9 Å². The number of likely N-dealkylation sites (N-methyl/N-ethyl adjacent to an activating group) is 1. The van der Waals surface area contributed by atoms with Crippen molar-refractivity contribution in [2.75, 3.05) is 40.4 Å². The number of methoxy groups -OCH3 is 1. The summed E-state index contributed by atoms with van der Waals surface area (Å²) in [5.41, 5.74) is -0.953. The van der Waals surface area contributed by atoms with E-state index in [0.29, 0.717) is 13.2 Å². The fourth-order valence-corrected chi connectivity index (χ4v) is 0.991. The first-order valence-electron chi connectivity index (χ1n) is 5.31. The number of rotatable bonds is 7. The van der Waals surface area contributed by atoms with E-state index in [4.69, 9.17) is 10.00 Å². The summed E-state index contributed by atoms with van der Waals surface area (Å²) >= 11 is 0. The number of carbonyl (C=O) groups is 1. The Morgan fingerprint density at radius 3 is 2.62 bits per heavy atom. The fraction of sp³-hybridized carbons (Fsp3) is 0.818. The van der Waals surface area contributed by atoms with Crippen molar-refractivity contribution >= 4 is 5.91 Å². The number of amides is 1. The van der Waals surface area contributed by atoms with Crippen molar-refractivity contribution in [3.8, 4) is 6.07 Å². The Bertz CT molecular complexity index is 258. The minimum Gasteiger partial charge on any atom is -0.383 e. The van der Waals surface area contributed by atoms with Crippen molar-refractivity contribution in [3.63, 3.8) is 0 Å². The Hall–Kier alpha value is -1.12. The summed E-state index contributed by atoms with van der Waals surface area (Å²) in [5, 5.41) is 11.5. The molecule has 1 N–H and O–H groups in total. The van der Waals surface area contributed by atoms with Gasteiger partial charge >= 0.3 is 0 Å². The van der Waals surface area contributed by atoms with Crippen LogP contribution in [0.1, 0.15) is 13.8 Å². The lowest BCUT2D eigenvalue weighted by atomic mass is 9.95. The van der Waals surface area contributed by atoms with E-state index in [1.165, 1.54) is 0 Å². The van der Waals surface area contributed by atoms with E-state index in [9.17, 15) is 4.79 Å². The second kappa shape index (κ2) is 7.20. The van der Waals surface area contributed by atoms with Crippen LogP contribution in [-0.2, 0) is 9.53 Å². The number of hydrogen-bond acceptors (Lipinski definition) is 4. The predicted octanol–water partition coefficient (Wildman–Crippen LogP) is 0.231. The van der Waals surface area contributed by atoms with E-state index in [1.807, 2.05) is 13.1 Å². The molecule has 1 amide bonds. The molecule has 0 aromatic rings. The van der Waals surface area contributed by atoms with Crippen LogP contribution >= 0.6 is 0 Å². The molecule has 16 heavy (non-hydrogen) atoms. The molecule has 0 aliphatic carbocycles. The molecular formula is C11H21N3O2. The lowest BCUT2D eigenvalue weighted by Crippen LogP contribution is -2.40. The number of carbonyl (C=O) groups excluding carboxylic acids is 1. The molecule has 0 unspecified atom stereocenters. The molecule has 0 saturated heterocycles. The molecule has 0 spiro atoms. The first-order chi connectivity index (χ1) is 7.44. The van der Waals surface area contributed by atoms with Gasteiger partial charge in [0, 0.05) is 26.7 Å². The molecule has 0 aliphatic rings. The highest BCUT2D eigenvalue weighted by Gasteiger charge is 2.26. The zero-order chi connectivity index (χ0) is 12.6. The van der Waals surface area contributed by atoms with Crippen LogP contribution in [-0.4, -0.2) is 51.2 Å². The van der Waals surface area contributed by atoms with E-state index in [0.717, 1.165) is 13.1 Å². The summed E-state index contributed by atoms with van der Waals surface area (Å²) in [6, 6.07) is 1.97. The van der Waals surface area contributed by atoms with Crippen molar-refractivity contribution in [1.29, 1.82) is 5.26 Å². The van der Waals surface area contributed by atoms with Gasteiger partial charge in [0.25, 0.3) is 0 Å². The van der Waals surface area contributed by atoms with Crippen molar-refractivity contribution in [2.24, 2.45) is 5.41 Å². The summed E-state index contributed by atoms with van der Waals surface area (Å²) in [6.07, 6.45) is 0. The third-order valence-electron chi connectivity index (χ3n) is 2.30. The highest BCUT2D eigenvalue weighted by molar-refractivity contribution is 5.84. The molecule has 0 saturated carbocycles. The van der Waals surface area contributed by atoms with Crippen LogP contribution in [0.3, 0.4) is 0 Å². The standard InChI is InChI=1S/C11H21N3O2/c1-11(2,9-12)10(15)13-5-6-14(3)7-8-16-4/h5-8H2,1-4H3,(H,13,15). The molecule has 5 heteroatoms. The van der Waals surface area contributed by atoms with Gasteiger partial charge in [0.05, 0.1) is 12.7 Å². The minimum atomic E-state index is -0.953. The van der Waals surface area contributed by atoms with Crippen LogP contribution in [0, 0.1) is 16.7 Å². The molecule has 0 bridgehead atoms. The van der Waals surface area contributed by atoms with Gasteiger partial charge in [0.1, 0.15) is 5.41 Å². The average molecular weight is 227 g/mol. The molecule has 0 aliphatic heterocycles. The number of hydrogen-bond donors (Lipinski definition) is 1. The monoisotopic (exact) mass is 227 g/mol. The van der Waals surface area contributed by atoms with Crippen molar-refractivity contribution in [2.45, 2.75) is 13.8 Å². The molecule has 0 radical (unpaired) electrons. The molecule has 0 aromatic heterocycles. The van der Waals surface area contributed by atoms with Gasteiger partial charge < -0.3 is 15.0 Å². The summed E-state index contributed by atoms with van der Waals surface area (Å²) in [5.74, 6) is -0.227. The Labute approximate surface area is 97.4 Å². The molecule has 0 aromatic carbocycles. The van der Waals surface area contributed by atoms with Gasteiger partial charge in [-0.1, -0.05) is 0 Å². The molecule has 92 valence electrons. The Morgan fingerprint density at radius 1 is 1.50 bits per heavy atom. The summed E-state index contributed by atoms with van der Waals surface area (Å²) in [6.45, 7) is 6.01. The maximum atomic E-state index is 11.5. The lowest BCUT2D eigenvalue weighted by Gasteiger charge is -2.19. The topological polar surface area (TPSA) is 65.4 Å². The van der Waals surface area contributed by atoms with Gasteiger partial charge in [0.2, 0.25) is 5.91 Å². The second-order valence-corrected chi connectivity index (χ2v) is 4.29. The number of nitrogens with one attached hydrogen (secondary N) is 1. The largest absolute Gasteiger partial charge is 0.383 e. The maximum Gasteiger partial charge on any atom is 0.239 e. The van der Waals surface area contributed by atoms with Crippen LogP contribution in [0.4, 0.5) is 0 Å². The molecular weight excluding hydrogens is 206 g/mol. The lowest BCUT2D eigenvalue weighted by molar-refractivity contribution is -0.126. The van der Waals surface area contributed by atoms with Gasteiger partial charge in [-0.2, -0.15) is 5.26 Å². The molecule has 0 rings (SSSR count). The highest BCUT2D eigenvalue weighted by Crippen LogP contribution is 2.12. The molecule has 5 nitrogen and oxygen atoms in total. The summed E-state index contributed by atoms with van der Waals surface area (Å²) in [4.78, 5) is 13.6. The normalized spacial score (nSPS) is 11.2. The average Bonchev–Trinajstić information content (AvgIpc) is 2.26. The van der Waals surface area contributed by atoms with Crippen molar-refractivity contribution in [3.05, 3.63) is 0 Å². The zero-order valence-corrected chi connectivity index (χ0v) is 10.5. The van der Waals surface area contributed by atoms with Crippen LogP contribution < -0.4 is 5.32 Å². The van der Waals surface area contributed by atoms with E-state index in [2.05, 4.69) is 10.2 Å². The van der Waals surface area contributed by atoms with E-state index < -0.39 is 5.41 Å². The van der Waals surface area contributed by atoms with Gasteiger partial charge in [-0.15, -0.1) is 0 Å². The van der Waals surface area contributed by atoms with Crippen LogP contribution in [0.25, 0.3) is 0 Å². The van der Waals surface area contributed by atoms with Gasteiger partial charge in [-0.3, -0.25) is 4.79 Å². The van der Waals surface area contributed by atoms with Crippen LogP contribution in [0.5, 0.6) is 0 Å². The minimum absolute atomic E-state index is 0.227. The van der Waals surface area contributed by atoms with E-state index >= 15 is 0 Å². The van der Waals surface area contributed by atoms with E-state index in [-0.39, 0.29) is 5.91 Å². The predicted molar refractivity (Wildman–Crippen MR) is 61.8 cm³/mol. The Kier molecular flexibility index (Phi) is 6.70.